The Kier molecular flexibility index (Phi) is 4.24. The molecular weight excluding hydrogens is 224 g/mol. The van der Waals surface area contributed by atoms with E-state index in [2.05, 4.69) is 19.1 Å². The Bertz CT molecular complexity index is 489. The first-order chi connectivity index (χ1) is 8.81. The molecule has 0 aromatic heterocycles. The van der Waals surface area contributed by atoms with Crippen molar-refractivity contribution in [1.29, 1.82) is 0 Å². The van der Waals surface area contributed by atoms with Crippen molar-refractivity contribution < 1.29 is 9.47 Å². The van der Waals surface area contributed by atoms with Crippen molar-refractivity contribution >= 4 is 0 Å². The molecule has 0 aliphatic rings. The summed E-state index contributed by atoms with van der Waals surface area (Å²) in [6.07, 6.45) is 1.03. The summed E-state index contributed by atoms with van der Waals surface area (Å²) >= 11 is 0. The van der Waals surface area contributed by atoms with Gasteiger partial charge in [-0.25, -0.2) is 0 Å². The van der Waals surface area contributed by atoms with Crippen molar-refractivity contribution in [3.05, 3.63) is 59.7 Å². The molecule has 0 fully saturated rings. The number of methoxy groups -OCH3 is 1. The molecule has 0 bridgehead atoms. The minimum Gasteiger partial charge on any atom is -0.497 e. The minimum atomic E-state index is 0.581. The first-order valence-corrected chi connectivity index (χ1v) is 6.16. The standard InChI is InChI=1S/C16H18O2/c1-3-13-5-4-6-16(11-13)18-12-14-7-9-15(17-2)10-8-14/h4-11H,3,12H2,1-2H3. The summed E-state index contributed by atoms with van der Waals surface area (Å²) < 4.78 is 10.9. The van der Waals surface area contributed by atoms with Gasteiger partial charge < -0.3 is 9.47 Å². The van der Waals surface area contributed by atoms with Crippen LogP contribution in [-0.2, 0) is 13.0 Å². The van der Waals surface area contributed by atoms with E-state index in [1.165, 1.54) is 5.56 Å². The predicted molar refractivity (Wildman–Crippen MR) is 73.1 cm³/mol. The molecule has 0 amide bonds. The third-order valence-corrected chi connectivity index (χ3v) is 2.87. The third kappa shape index (κ3) is 3.27. The van der Waals surface area contributed by atoms with Gasteiger partial charge in [0.05, 0.1) is 7.11 Å². The Hall–Kier alpha value is -1.96. The molecule has 0 aliphatic heterocycles. The summed E-state index contributed by atoms with van der Waals surface area (Å²) in [4.78, 5) is 0. The van der Waals surface area contributed by atoms with Gasteiger partial charge in [0.1, 0.15) is 18.1 Å². The molecule has 2 aromatic carbocycles. The molecule has 0 unspecified atom stereocenters. The smallest absolute Gasteiger partial charge is 0.120 e. The van der Waals surface area contributed by atoms with E-state index in [-0.39, 0.29) is 0 Å². The van der Waals surface area contributed by atoms with Crippen molar-refractivity contribution in [2.45, 2.75) is 20.0 Å². The topological polar surface area (TPSA) is 18.5 Å². The van der Waals surface area contributed by atoms with E-state index in [4.69, 9.17) is 9.47 Å². The van der Waals surface area contributed by atoms with Crippen LogP contribution >= 0.6 is 0 Å². The third-order valence-electron chi connectivity index (χ3n) is 2.87. The van der Waals surface area contributed by atoms with Gasteiger partial charge in [-0.05, 0) is 41.8 Å². The Balaban J connectivity index is 1.97. The highest BCUT2D eigenvalue weighted by atomic mass is 16.5. The summed E-state index contributed by atoms with van der Waals surface area (Å²) in [7, 11) is 1.67. The Morgan fingerprint density at radius 2 is 1.67 bits per heavy atom. The molecule has 2 heteroatoms. The van der Waals surface area contributed by atoms with E-state index in [0.29, 0.717) is 6.61 Å². The molecule has 0 spiro atoms. The lowest BCUT2D eigenvalue weighted by Crippen LogP contribution is -1.96. The summed E-state index contributed by atoms with van der Waals surface area (Å²) in [6, 6.07) is 16.1. The minimum absolute atomic E-state index is 0.581. The van der Waals surface area contributed by atoms with Crippen molar-refractivity contribution in [2.75, 3.05) is 7.11 Å². The maximum Gasteiger partial charge on any atom is 0.120 e. The van der Waals surface area contributed by atoms with Crippen LogP contribution in [0.2, 0.25) is 0 Å². The van der Waals surface area contributed by atoms with Gasteiger partial charge >= 0.3 is 0 Å². The van der Waals surface area contributed by atoms with Crippen molar-refractivity contribution in [3.8, 4) is 11.5 Å². The van der Waals surface area contributed by atoms with Crippen LogP contribution < -0.4 is 9.47 Å². The molecule has 2 rings (SSSR count). The molecule has 18 heavy (non-hydrogen) atoms. The second kappa shape index (κ2) is 6.10. The molecule has 0 saturated carbocycles. The fourth-order valence-electron chi connectivity index (χ4n) is 1.74. The van der Waals surface area contributed by atoms with Crippen LogP contribution in [0.25, 0.3) is 0 Å². The molecule has 0 N–H and O–H groups in total. The van der Waals surface area contributed by atoms with Crippen LogP contribution in [0.3, 0.4) is 0 Å². The first-order valence-electron chi connectivity index (χ1n) is 6.16. The lowest BCUT2D eigenvalue weighted by molar-refractivity contribution is 0.305. The second-order valence-electron chi connectivity index (χ2n) is 4.14. The van der Waals surface area contributed by atoms with Crippen LogP contribution in [0.5, 0.6) is 11.5 Å². The average Bonchev–Trinajstić information content (AvgIpc) is 2.46. The van der Waals surface area contributed by atoms with Crippen LogP contribution in [0, 0.1) is 0 Å². The van der Waals surface area contributed by atoms with Crippen molar-refractivity contribution in [2.24, 2.45) is 0 Å². The van der Waals surface area contributed by atoms with Crippen LogP contribution in [-0.4, -0.2) is 7.11 Å². The lowest BCUT2D eigenvalue weighted by Gasteiger charge is -2.08. The molecule has 94 valence electrons. The van der Waals surface area contributed by atoms with Gasteiger partial charge in [-0.3, -0.25) is 0 Å². The number of hydrogen-bond acceptors (Lipinski definition) is 2. The molecule has 2 nitrogen and oxygen atoms in total. The molecule has 0 radical (unpaired) electrons. The van der Waals surface area contributed by atoms with Gasteiger partial charge in [-0.1, -0.05) is 31.2 Å². The van der Waals surface area contributed by atoms with E-state index >= 15 is 0 Å². The lowest BCUT2D eigenvalue weighted by atomic mass is 10.2. The average molecular weight is 242 g/mol. The summed E-state index contributed by atoms with van der Waals surface area (Å²) in [5.41, 5.74) is 2.43. The van der Waals surface area contributed by atoms with E-state index < -0.39 is 0 Å². The van der Waals surface area contributed by atoms with Crippen LogP contribution in [0.4, 0.5) is 0 Å². The Morgan fingerprint density at radius 3 is 2.33 bits per heavy atom. The number of ether oxygens (including phenoxy) is 2. The highest BCUT2D eigenvalue weighted by Gasteiger charge is 1.98. The molecule has 0 saturated heterocycles. The first kappa shape index (κ1) is 12.5. The number of rotatable bonds is 5. The zero-order valence-electron chi connectivity index (χ0n) is 10.8. The van der Waals surface area contributed by atoms with Gasteiger partial charge in [0.25, 0.3) is 0 Å². The Labute approximate surface area is 108 Å². The number of benzene rings is 2. The van der Waals surface area contributed by atoms with Crippen molar-refractivity contribution in [1.82, 2.24) is 0 Å². The fourth-order valence-corrected chi connectivity index (χ4v) is 1.74. The predicted octanol–water partition coefficient (Wildman–Crippen LogP) is 3.84. The van der Waals surface area contributed by atoms with E-state index in [9.17, 15) is 0 Å². The summed E-state index contributed by atoms with van der Waals surface area (Å²) in [5.74, 6) is 1.79. The highest BCUT2D eigenvalue weighted by Crippen LogP contribution is 2.17. The zero-order chi connectivity index (χ0) is 12.8. The number of aryl methyl sites for hydroxylation is 1. The van der Waals surface area contributed by atoms with Gasteiger partial charge in [-0.2, -0.15) is 0 Å². The van der Waals surface area contributed by atoms with Gasteiger partial charge in [0.2, 0.25) is 0 Å². The molecular formula is C16H18O2. The van der Waals surface area contributed by atoms with E-state index in [1.807, 2.05) is 36.4 Å². The maximum atomic E-state index is 5.77. The molecule has 0 atom stereocenters. The fraction of sp³-hybridized carbons (Fsp3) is 0.250. The highest BCUT2D eigenvalue weighted by molar-refractivity contribution is 5.30. The molecule has 0 aliphatic carbocycles. The summed E-state index contributed by atoms with van der Waals surface area (Å²) in [5, 5.41) is 0. The van der Waals surface area contributed by atoms with Crippen molar-refractivity contribution in [3.63, 3.8) is 0 Å². The molecule has 2 aromatic rings. The largest absolute Gasteiger partial charge is 0.497 e. The SMILES string of the molecule is CCc1cccc(OCc2ccc(OC)cc2)c1. The van der Waals surface area contributed by atoms with E-state index in [1.54, 1.807) is 7.11 Å². The zero-order valence-corrected chi connectivity index (χ0v) is 10.8. The van der Waals surface area contributed by atoms with Gasteiger partial charge in [0.15, 0.2) is 0 Å². The van der Waals surface area contributed by atoms with E-state index in [0.717, 1.165) is 23.5 Å². The summed E-state index contributed by atoms with van der Waals surface area (Å²) in [6.45, 7) is 2.72. The quantitative estimate of drug-likeness (QED) is 0.793. The Morgan fingerprint density at radius 1 is 0.889 bits per heavy atom. The second-order valence-corrected chi connectivity index (χ2v) is 4.14. The van der Waals surface area contributed by atoms with Crippen LogP contribution in [0.15, 0.2) is 48.5 Å². The number of hydrogen-bond donors (Lipinski definition) is 0. The van der Waals surface area contributed by atoms with Gasteiger partial charge in [-0.15, -0.1) is 0 Å². The molecule has 0 heterocycles. The van der Waals surface area contributed by atoms with Gasteiger partial charge in [0, 0.05) is 0 Å². The monoisotopic (exact) mass is 242 g/mol. The van der Waals surface area contributed by atoms with Crippen LogP contribution in [0.1, 0.15) is 18.1 Å². The normalized spacial score (nSPS) is 10.1. The maximum absolute atomic E-state index is 5.77.